The Balaban J connectivity index is 1.87. The number of thioether (sulfide) groups is 1. The Hall–Kier alpha value is -0.450. The molecule has 0 bridgehead atoms. The van der Waals surface area contributed by atoms with E-state index in [4.69, 9.17) is 4.42 Å². The van der Waals surface area contributed by atoms with Crippen molar-refractivity contribution < 1.29 is 4.42 Å². The van der Waals surface area contributed by atoms with Gasteiger partial charge in [0, 0.05) is 23.6 Å². The summed E-state index contributed by atoms with van der Waals surface area (Å²) < 4.78 is 6.22. The predicted molar refractivity (Wildman–Crippen MR) is 77.9 cm³/mol. The number of nitrogens with one attached hydrogen (secondary N) is 1. The average molecular weight is 268 g/mol. The maximum Gasteiger partial charge on any atom is 0.118 e. The molecule has 1 saturated heterocycles. The fourth-order valence-electron chi connectivity index (χ4n) is 2.32. The van der Waals surface area contributed by atoms with Crippen LogP contribution in [0.25, 0.3) is 0 Å². The summed E-state index contributed by atoms with van der Waals surface area (Å²) in [6, 6.07) is 4.20. The van der Waals surface area contributed by atoms with Gasteiger partial charge in [0.15, 0.2) is 0 Å². The first-order valence-corrected chi connectivity index (χ1v) is 7.72. The van der Waals surface area contributed by atoms with Crippen LogP contribution in [0.4, 0.5) is 0 Å². The van der Waals surface area contributed by atoms with E-state index >= 15 is 0 Å². The van der Waals surface area contributed by atoms with Crippen molar-refractivity contribution in [3.8, 4) is 0 Å². The van der Waals surface area contributed by atoms with E-state index in [0.29, 0.717) is 4.75 Å². The number of hydrogen-bond acceptors (Lipinski definition) is 4. The van der Waals surface area contributed by atoms with E-state index in [1.807, 2.05) is 0 Å². The quantitative estimate of drug-likeness (QED) is 0.889. The molecular formula is C14H24N2OS. The van der Waals surface area contributed by atoms with E-state index in [0.717, 1.165) is 44.2 Å². The standard InChI is InChI=1S/C14H24N2OS/c1-4-15-9-12-5-6-13(17-12)10-16-7-8-18-14(2,3)11-16/h5-6,15H,4,7-11H2,1-3H3. The Labute approximate surface area is 114 Å². The van der Waals surface area contributed by atoms with E-state index in [2.05, 4.69) is 54.9 Å². The molecule has 1 aliphatic heterocycles. The second kappa shape index (κ2) is 6.13. The Kier molecular flexibility index (Phi) is 4.76. The van der Waals surface area contributed by atoms with Gasteiger partial charge in [0.2, 0.25) is 0 Å². The van der Waals surface area contributed by atoms with Crippen LogP contribution in [0.2, 0.25) is 0 Å². The Morgan fingerprint density at radius 2 is 2.17 bits per heavy atom. The molecule has 0 aliphatic carbocycles. The molecule has 102 valence electrons. The van der Waals surface area contributed by atoms with Gasteiger partial charge in [-0.2, -0.15) is 11.8 Å². The third kappa shape index (κ3) is 4.04. The van der Waals surface area contributed by atoms with E-state index in [9.17, 15) is 0 Å². The molecule has 4 heteroatoms. The topological polar surface area (TPSA) is 28.4 Å². The third-order valence-corrected chi connectivity index (χ3v) is 4.45. The molecule has 0 saturated carbocycles. The fraction of sp³-hybridized carbons (Fsp3) is 0.714. The maximum atomic E-state index is 5.85. The predicted octanol–water partition coefficient (Wildman–Crippen LogP) is 2.72. The third-order valence-electron chi connectivity index (χ3n) is 3.15. The van der Waals surface area contributed by atoms with Crippen LogP contribution in [0.15, 0.2) is 16.5 Å². The number of hydrogen-bond donors (Lipinski definition) is 1. The molecule has 18 heavy (non-hydrogen) atoms. The Morgan fingerprint density at radius 3 is 2.89 bits per heavy atom. The first-order chi connectivity index (χ1) is 8.59. The first-order valence-electron chi connectivity index (χ1n) is 6.74. The zero-order valence-corrected chi connectivity index (χ0v) is 12.5. The zero-order valence-electron chi connectivity index (χ0n) is 11.7. The van der Waals surface area contributed by atoms with E-state index < -0.39 is 0 Å². The lowest BCUT2D eigenvalue weighted by atomic mass is 10.2. The van der Waals surface area contributed by atoms with Crippen LogP contribution in [0.3, 0.4) is 0 Å². The minimum absolute atomic E-state index is 0.372. The monoisotopic (exact) mass is 268 g/mol. The van der Waals surface area contributed by atoms with Crippen molar-refractivity contribution in [2.45, 2.75) is 38.6 Å². The van der Waals surface area contributed by atoms with Crippen molar-refractivity contribution in [2.24, 2.45) is 0 Å². The lowest BCUT2D eigenvalue weighted by Crippen LogP contribution is -2.42. The molecule has 0 atom stereocenters. The molecule has 1 N–H and O–H groups in total. The van der Waals surface area contributed by atoms with Crippen molar-refractivity contribution in [1.82, 2.24) is 10.2 Å². The molecule has 1 aromatic heterocycles. The highest BCUT2D eigenvalue weighted by Gasteiger charge is 2.27. The largest absolute Gasteiger partial charge is 0.463 e. The van der Waals surface area contributed by atoms with Gasteiger partial charge in [0.1, 0.15) is 11.5 Å². The van der Waals surface area contributed by atoms with Crippen molar-refractivity contribution in [1.29, 1.82) is 0 Å². The summed E-state index contributed by atoms with van der Waals surface area (Å²) in [5, 5.41) is 3.28. The van der Waals surface area contributed by atoms with Gasteiger partial charge in [0.25, 0.3) is 0 Å². The number of furan rings is 1. The van der Waals surface area contributed by atoms with Gasteiger partial charge in [0.05, 0.1) is 13.1 Å². The van der Waals surface area contributed by atoms with Crippen LogP contribution < -0.4 is 5.32 Å². The number of rotatable bonds is 5. The lowest BCUT2D eigenvalue weighted by molar-refractivity contribution is 0.230. The van der Waals surface area contributed by atoms with Crippen molar-refractivity contribution in [2.75, 3.05) is 25.4 Å². The molecule has 0 amide bonds. The van der Waals surface area contributed by atoms with Crippen molar-refractivity contribution in [3.05, 3.63) is 23.7 Å². The highest BCUT2D eigenvalue weighted by atomic mass is 32.2. The summed E-state index contributed by atoms with van der Waals surface area (Å²) in [5.41, 5.74) is 0. The molecule has 1 fully saturated rings. The van der Waals surface area contributed by atoms with Crippen LogP contribution in [-0.2, 0) is 13.1 Å². The zero-order chi connectivity index (χ0) is 13.0. The Bertz CT molecular complexity index is 376. The average Bonchev–Trinajstić information content (AvgIpc) is 2.73. The van der Waals surface area contributed by atoms with Gasteiger partial charge in [-0.3, -0.25) is 4.90 Å². The first kappa shape index (κ1) is 14.0. The summed E-state index contributed by atoms with van der Waals surface area (Å²) in [7, 11) is 0. The van der Waals surface area contributed by atoms with Crippen molar-refractivity contribution in [3.63, 3.8) is 0 Å². The van der Waals surface area contributed by atoms with Crippen LogP contribution in [0, 0.1) is 0 Å². The molecule has 0 unspecified atom stereocenters. The van der Waals surface area contributed by atoms with Crippen molar-refractivity contribution >= 4 is 11.8 Å². The van der Waals surface area contributed by atoms with Gasteiger partial charge in [-0.05, 0) is 32.5 Å². The van der Waals surface area contributed by atoms with E-state index in [-0.39, 0.29) is 0 Å². The number of nitrogens with zero attached hydrogens (tertiary/aromatic N) is 1. The summed E-state index contributed by atoms with van der Waals surface area (Å²) >= 11 is 2.07. The SMILES string of the molecule is CCNCc1ccc(CN2CCSC(C)(C)C2)o1. The summed E-state index contributed by atoms with van der Waals surface area (Å²) in [5.74, 6) is 3.35. The minimum Gasteiger partial charge on any atom is -0.463 e. The van der Waals surface area contributed by atoms with Gasteiger partial charge in [-0.1, -0.05) is 6.92 Å². The van der Waals surface area contributed by atoms with E-state index in [1.54, 1.807) is 0 Å². The van der Waals surface area contributed by atoms with Gasteiger partial charge in [-0.25, -0.2) is 0 Å². The summed E-state index contributed by atoms with van der Waals surface area (Å²) in [6.07, 6.45) is 0. The lowest BCUT2D eigenvalue weighted by Gasteiger charge is -2.37. The fourth-order valence-corrected chi connectivity index (χ4v) is 3.50. The van der Waals surface area contributed by atoms with E-state index in [1.165, 1.54) is 5.75 Å². The van der Waals surface area contributed by atoms with Crippen LogP contribution >= 0.6 is 11.8 Å². The molecule has 2 rings (SSSR count). The van der Waals surface area contributed by atoms with Crippen LogP contribution in [0.1, 0.15) is 32.3 Å². The normalized spacial score (nSPS) is 20.2. The van der Waals surface area contributed by atoms with Gasteiger partial charge in [-0.15, -0.1) is 0 Å². The van der Waals surface area contributed by atoms with Crippen LogP contribution in [0.5, 0.6) is 0 Å². The smallest absolute Gasteiger partial charge is 0.118 e. The molecule has 1 aromatic rings. The molecule has 0 spiro atoms. The summed E-state index contributed by atoms with van der Waals surface area (Å²) in [4.78, 5) is 2.49. The molecular weight excluding hydrogens is 244 g/mol. The molecule has 0 aromatic carbocycles. The highest BCUT2D eigenvalue weighted by Crippen LogP contribution is 2.30. The second-order valence-electron chi connectivity index (χ2n) is 5.47. The Morgan fingerprint density at radius 1 is 1.39 bits per heavy atom. The molecule has 2 heterocycles. The maximum absolute atomic E-state index is 5.85. The van der Waals surface area contributed by atoms with Crippen LogP contribution in [-0.4, -0.2) is 35.0 Å². The molecule has 0 radical (unpaired) electrons. The molecule has 3 nitrogen and oxygen atoms in total. The van der Waals surface area contributed by atoms with Gasteiger partial charge >= 0.3 is 0 Å². The molecule has 1 aliphatic rings. The second-order valence-corrected chi connectivity index (χ2v) is 7.27. The highest BCUT2D eigenvalue weighted by molar-refractivity contribution is 8.00. The summed E-state index contributed by atoms with van der Waals surface area (Å²) in [6.45, 7) is 11.8. The minimum atomic E-state index is 0.372. The van der Waals surface area contributed by atoms with Gasteiger partial charge < -0.3 is 9.73 Å².